The van der Waals surface area contributed by atoms with E-state index in [0.717, 1.165) is 22.3 Å². The molecule has 100 valence electrons. The van der Waals surface area contributed by atoms with E-state index < -0.39 is 6.29 Å². The van der Waals surface area contributed by atoms with Crippen LogP contribution in [0.3, 0.4) is 0 Å². The maximum atomic E-state index is 12.1. The first-order valence-electron chi connectivity index (χ1n) is 5.91. The van der Waals surface area contributed by atoms with Crippen LogP contribution in [0.2, 0.25) is 0 Å². The van der Waals surface area contributed by atoms with E-state index in [-0.39, 0.29) is 5.91 Å². The van der Waals surface area contributed by atoms with Gasteiger partial charge in [0.1, 0.15) is 0 Å². The number of carbonyl (C=O) groups is 1. The molecule has 1 aromatic rings. The van der Waals surface area contributed by atoms with Crippen LogP contribution in [0.4, 0.5) is 0 Å². The topological polar surface area (TPSA) is 47.6 Å². The lowest BCUT2D eigenvalue weighted by Gasteiger charge is -2.16. The highest BCUT2D eigenvalue weighted by Crippen LogP contribution is 2.16. The van der Waals surface area contributed by atoms with Gasteiger partial charge in [-0.15, -0.1) is 0 Å². The Morgan fingerprint density at radius 2 is 1.67 bits per heavy atom. The van der Waals surface area contributed by atoms with Crippen LogP contribution in [-0.4, -0.2) is 33.0 Å². The summed E-state index contributed by atoms with van der Waals surface area (Å²) in [6.07, 6.45) is -0.417. The molecule has 0 aliphatic heterocycles. The zero-order chi connectivity index (χ0) is 13.7. The number of amides is 1. The molecule has 0 spiro atoms. The molecule has 0 atom stereocenters. The highest BCUT2D eigenvalue weighted by molar-refractivity contribution is 5.97. The molecule has 1 N–H and O–H groups in total. The monoisotopic (exact) mass is 251 g/mol. The van der Waals surface area contributed by atoms with Crippen LogP contribution in [0.25, 0.3) is 0 Å². The number of nitrogens with one attached hydrogen (secondary N) is 1. The number of methoxy groups -OCH3 is 2. The SMILES string of the molecule is COC(CNC(=O)c1c(C)cc(C)cc1C)OC. The second-order valence-electron chi connectivity index (χ2n) is 4.38. The Morgan fingerprint density at radius 1 is 1.17 bits per heavy atom. The third kappa shape index (κ3) is 3.55. The maximum Gasteiger partial charge on any atom is 0.251 e. The molecule has 1 amide bonds. The first-order chi connectivity index (χ1) is 8.49. The van der Waals surface area contributed by atoms with Gasteiger partial charge in [-0.05, 0) is 31.9 Å². The minimum absolute atomic E-state index is 0.0934. The van der Waals surface area contributed by atoms with Crippen molar-refractivity contribution in [3.05, 3.63) is 34.4 Å². The largest absolute Gasteiger partial charge is 0.354 e. The molecule has 0 saturated carbocycles. The highest BCUT2D eigenvalue weighted by Gasteiger charge is 2.14. The Kier molecular flexibility index (Phi) is 5.31. The molecule has 0 saturated heterocycles. The van der Waals surface area contributed by atoms with Crippen molar-refractivity contribution in [1.82, 2.24) is 5.32 Å². The summed E-state index contributed by atoms with van der Waals surface area (Å²) < 4.78 is 10.1. The van der Waals surface area contributed by atoms with Crippen LogP contribution in [0, 0.1) is 20.8 Å². The number of hydrogen-bond acceptors (Lipinski definition) is 3. The number of ether oxygens (including phenoxy) is 2. The smallest absolute Gasteiger partial charge is 0.251 e. The summed E-state index contributed by atoms with van der Waals surface area (Å²) in [5.41, 5.74) is 3.85. The summed E-state index contributed by atoms with van der Waals surface area (Å²) in [7, 11) is 3.09. The molecule has 0 aliphatic carbocycles. The minimum atomic E-state index is -0.417. The average molecular weight is 251 g/mol. The van der Waals surface area contributed by atoms with E-state index >= 15 is 0 Å². The summed E-state index contributed by atoms with van der Waals surface area (Å²) in [5, 5.41) is 2.81. The van der Waals surface area contributed by atoms with Gasteiger partial charge >= 0.3 is 0 Å². The van der Waals surface area contributed by atoms with Gasteiger partial charge < -0.3 is 14.8 Å². The van der Waals surface area contributed by atoms with Gasteiger partial charge in [0, 0.05) is 19.8 Å². The van der Waals surface area contributed by atoms with Gasteiger partial charge in [0.05, 0.1) is 6.54 Å². The summed E-state index contributed by atoms with van der Waals surface area (Å²) in [5.74, 6) is -0.0934. The molecule has 0 bridgehead atoms. The van der Waals surface area contributed by atoms with Gasteiger partial charge in [0.2, 0.25) is 0 Å². The molecule has 18 heavy (non-hydrogen) atoms. The van der Waals surface area contributed by atoms with Crippen molar-refractivity contribution >= 4 is 5.91 Å². The van der Waals surface area contributed by atoms with Gasteiger partial charge in [0.15, 0.2) is 6.29 Å². The Bertz CT molecular complexity index is 402. The second-order valence-corrected chi connectivity index (χ2v) is 4.38. The molecule has 0 heterocycles. The third-order valence-electron chi connectivity index (χ3n) is 2.86. The molecular weight excluding hydrogens is 230 g/mol. The second kappa shape index (κ2) is 6.52. The number of hydrogen-bond donors (Lipinski definition) is 1. The van der Waals surface area contributed by atoms with Crippen LogP contribution in [-0.2, 0) is 9.47 Å². The molecule has 0 unspecified atom stereocenters. The molecule has 0 radical (unpaired) electrons. The number of rotatable bonds is 5. The van der Waals surface area contributed by atoms with E-state index in [1.54, 1.807) is 14.2 Å². The van der Waals surface area contributed by atoms with E-state index in [9.17, 15) is 4.79 Å². The summed E-state index contributed by atoms with van der Waals surface area (Å²) >= 11 is 0. The number of carbonyl (C=O) groups excluding carboxylic acids is 1. The van der Waals surface area contributed by atoms with Gasteiger partial charge in [-0.25, -0.2) is 0 Å². The van der Waals surface area contributed by atoms with Crippen molar-refractivity contribution in [3.63, 3.8) is 0 Å². The van der Waals surface area contributed by atoms with Crippen LogP contribution < -0.4 is 5.32 Å². The predicted molar refractivity (Wildman–Crippen MR) is 70.8 cm³/mol. The predicted octanol–water partition coefficient (Wildman–Crippen LogP) is 1.96. The average Bonchev–Trinajstić information content (AvgIpc) is 2.28. The van der Waals surface area contributed by atoms with Crippen molar-refractivity contribution in [2.75, 3.05) is 20.8 Å². The molecule has 1 aromatic carbocycles. The number of aryl methyl sites for hydroxylation is 3. The zero-order valence-corrected chi connectivity index (χ0v) is 11.7. The van der Waals surface area contributed by atoms with Crippen molar-refractivity contribution < 1.29 is 14.3 Å². The fraction of sp³-hybridized carbons (Fsp3) is 0.500. The summed E-state index contributed by atoms with van der Waals surface area (Å²) in [6.45, 7) is 6.24. The van der Waals surface area contributed by atoms with Crippen molar-refractivity contribution in [1.29, 1.82) is 0 Å². The van der Waals surface area contributed by atoms with Crippen molar-refractivity contribution in [2.24, 2.45) is 0 Å². The third-order valence-corrected chi connectivity index (χ3v) is 2.86. The lowest BCUT2D eigenvalue weighted by atomic mass is 9.99. The van der Waals surface area contributed by atoms with E-state index in [1.807, 2.05) is 32.9 Å². The summed E-state index contributed by atoms with van der Waals surface area (Å²) in [6, 6.07) is 4.01. The summed E-state index contributed by atoms with van der Waals surface area (Å²) in [4.78, 5) is 12.1. The maximum absolute atomic E-state index is 12.1. The lowest BCUT2D eigenvalue weighted by molar-refractivity contribution is -0.0974. The molecule has 0 fully saturated rings. The van der Waals surface area contributed by atoms with Gasteiger partial charge in [-0.2, -0.15) is 0 Å². The van der Waals surface area contributed by atoms with Crippen LogP contribution >= 0.6 is 0 Å². The fourth-order valence-corrected chi connectivity index (χ4v) is 2.07. The quantitative estimate of drug-likeness (QED) is 0.814. The molecule has 0 aliphatic rings. The Hall–Kier alpha value is -1.39. The first-order valence-corrected chi connectivity index (χ1v) is 5.91. The highest BCUT2D eigenvalue weighted by atomic mass is 16.7. The Morgan fingerprint density at radius 3 is 2.11 bits per heavy atom. The molecule has 4 heteroatoms. The molecular formula is C14H21NO3. The fourth-order valence-electron chi connectivity index (χ4n) is 2.07. The lowest BCUT2D eigenvalue weighted by Crippen LogP contribution is -2.34. The zero-order valence-electron chi connectivity index (χ0n) is 11.7. The van der Waals surface area contributed by atoms with Gasteiger partial charge in [-0.3, -0.25) is 4.79 Å². The van der Waals surface area contributed by atoms with Crippen molar-refractivity contribution in [2.45, 2.75) is 27.1 Å². The van der Waals surface area contributed by atoms with Gasteiger partial charge in [-0.1, -0.05) is 17.7 Å². The first kappa shape index (κ1) is 14.7. The Balaban J connectivity index is 2.79. The molecule has 1 rings (SSSR count). The Labute approximate surface area is 108 Å². The molecule has 4 nitrogen and oxygen atoms in total. The van der Waals surface area contributed by atoms with Crippen LogP contribution in [0.5, 0.6) is 0 Å². The molecule has 0 aromatic heterocycles. The van der Waals surface area contributed by atoms with Crippen molar-refractivity contribution in [3.8, 4) is 0 Å². The number of benzene rings is 1. The minimum Gasteiger partial charge on any atom is -0.354 e. The van der Waals surface area contributed by atoms with E-state index in [2.05, 4.69) is 5.32 Å². The normalized spacial score (nSPS) is 10.8. The van der Waals surface area contributed by atoms with E-state index in [1.165, 1.54) is 0 Å². The standard InChI is InChI=1S/C14H21NO3/c1-9-6-10(2)13(11(3)7-9)14(16)15-8-12(17-4)18-5/h6-7,12H,8H2,1-5H3,(H,15,16). The van der Waals surface area contributed by atoms with E-state index in [4.69, 9.17) is 9.47 Å². The van der Waals surface area contributed by atoms with Crippen LogP contribution in [0.1, 0.15) is 27.0 Å². The van der Waals surface area contributed by atoms with Gasteiger partial charge in [0.25, 0.3) is 5.91 Å². The van der Waals surface area contributed by atoms with Crippen LogP contribution in [0.15, 0.2) is 12.1 Å². The van der Waals surface area contributed by atoms with E-state index in [0.29, 0.717) is 6.54 Å².